The number of carboxylic acid groups (broad SMARTS) is 1. The summed E-state index contributed by atoms with van der Waals surface area (Å²) in [6.45, 7) is 4.45. The number of likely N-dealkylation sites (tertiary alicyclic amines) is 1. The summed E-state index contributed by atoms with van der Waals surface area (Å²) < 4.78 is 6.28. The molecule has 2 aromatic carbocycles. The van der Waals surface area contributed by atoms with Crippen LogP contribution in [0.1, 0.15) is 36.9 Å². The fourth-order valence-electron chi connectivity index (χ4n) is 7.20. The number of fused-ring (bicyclic) bond motifs is 4. The number of piperazine rings is 1. The van der Waals surface area contributed by atoms with Crippen molar-refractivity contribution in [3.63, 3.8) is 0 Å². The molecule has 3 saturated heterocycles. The average Bonchev–Trinajstić information content (AvgIpc) is 3.49. The molecule has 7 rings (SSSR count). The van der Waals surface area contributed by atoms with Crippen molar-refractivity contribution in [2.45, 2.75) is 56.8 Å². The van der Waals surface area contributed by atoms with Crippen molar-refractivity contribution in [1.82, 2.24) is 19.8 Å². The quantitative estimate of drug-likeness (QED) is 0.481. The number of amides is 1. The number of benzene rings is 2. The first-order chi connectivity index (χ1) is 19.5. The Kier molecular flexibility index (Phi) is 6.59. The number of nitrogens with zero attached hydrogens (tertiary/aromatic N) is 6. The van der Waals surface area contributed by atoms with E-state index in [-0.39, 0.29) is 12.1 Å². The Morgan fingerprint density at radius 3 is 2.55 bits per heavy atom. The molecule has 0 aliphatic carbocycles. The third-order valence-electron chi connectivity index (χ3n) is 9.29. The highest BCUT2D eigenvalue weighted by Crippen LogP contribution is 2.38. The molecule has 10 heteroatoms. The summed E-state index contributed by atoms with van der Waals surface area (Å²) in [5, 5.41) is 12.7. The fourth-order valence-corrected chi connectivity index (χ4v) is 7.44. The number of hydrogen-bond donors (Lipinski definition) is 1. The standard InChI is InChI=1S/C30H35ClN6O3/c1-34-13-4-5-21(34)18-40-29-32-26-17-35(27-9-3-6-22-23(27)7-2-8-25(22)31)14-12-24(26)28(33-29)36-15-19-10-11-20(16-36)37(19)30(38)39/h2-3,6-9,19-21H,4-5,10-18H2,1H3,(H,38,39)/t19-,20+,21?. The molecule has 0 saturated carbocycles. The van der Waals surface area contributed by atoms with Gasteiger partial charge in [-0.25, -0.2) is 4.79 Å². The van der Waals surface area contributed by atoms with Gasteiger partial charge in [0, 0.05) is 52.7 Å². The van der Waals surface area contributed by atoms with Gasteiger partial charge in [0.05, 0.1) is 24.3 Å². The molecule has 3 atom stereocenters. The van der Waals surface area contributed by atoms with Crippen molar-refractivity contribution in [3.8, 4) is 6.01 Å². The molecule has 1 N–H and O–H groups in total. The third kappa shape index (κ3) is 4.49. The first-order valence-corrected chi connectivity index (χ1v) is 14.8. The van der Waals surface area contributed by atoms with Gasteiger partial charge in [0.25, 0.3) is 0 Å². The molecule has 3 fully saturated rings. The first kappa shape index (κ1) is 25.7. The van der Waals surface area contributed by atoms with E-state index >= 15 is 0 Å². The van der Waals surface area contributed by atoms with Gasteiger partial charge in [-0.3, -0.25) is 4.90 Å². The Labute approximate surface area is 239 Å². The van der Waals surface area contributed by atoms with Crippen molar-refractivity contribution >= 4 is 40.0 Å². The zero-order valence-electron chi connectivity index (χ0n) is 22.8. The highest BCUT2D eigenvalue weighted by atomic mass is 35.5. The van der Waals surface area contributed by atoms with Crippen LogP contribution in [0.15, 0.2) is 36.4 Å². The summed E-state index contributed by atoms with van der Waals surface area (Å²) in [6, 6.07) is 13.1. The van der Waals surface area contributed by atoms with Gasteiger partial charge in [-0.15, -0.1) is 0 Å². The molecule has 1 amide bonds. The highest BCUT2D eigenvalue weighted by Gasteiger charge is 2.44. The Hall–Kier alpha value is -3.30. The average molecular weight is 563 g/mol. The topological polar surface area (TPSA) is 85.3 Å². The summed E-state index contributed by atoms with van der Waals surface area (Å²) >= 11 is 6.53. The molecule has 1 unspecified atom stereocenters. The lowest BCUT2D eigenvalue weighted by molar-refractivity contribution is 0.114. The van der Waals surface area contributed by atoms with E-state index in [2.05, 4.69) is 46.0 Å². The van der Waals surface area contributed by atoms with Crippen LogP contribution in [0.5, 0.6) is 6.01 Å². The fraction of sp³-hybridized carbons (Fsp3) is 0.500. The molecule has 1 aromatic heterocycles. The Bertz CT molecular complexity index is 1440. The van der Waals surface area contributed by atoms with Crippen molar-refractivity contribution in [3.05, 3.63) is 52.7 Å². The second kappa shape index (κ2) is 10.3. The zero-order chi connectivity index (χ0) is 27.4. The van der Waals surface area contributed by atoms with Crippen LogP contribution in [0.4, 0.5) is 16.3 Å². The SMILES string of the molecule is CN1CCCC1COc1nc2c(c(N3C[C@H]4CC[C@@H](C3)N4C(=O)O)n1)CCN(c1cccc3c(Cl)cccc13)C2. The molecule has 210 valence electrons. The number of anilines is 2. The first-order valence-electron chi connectivity index (χ1n) is 14.4. The van der Waals surface area contributed by atoms with E-state index in [1.54, 1.807) is 4.90 Å². The van der Waals surface area contributed by atoms with E-state index in [9.17, 15) is 9.90 Å². The van der Waals surface area contributed by atoms with E-state index in [0.717, 1.165) is 77.3 Å². The lowest BCUT2D eigenvalue weighted by Gasteiger charge is -2.41. The molecule has 4 aliphatic rings. The van der Waals surface area contributed by atoms with Crippen molar-refractivity contribution in [1.29, 1.82) is 0 Å². The van der Waals surface area contributed by atoms with Gasteiger partial charge < -0.3 is 24.5 Å². The monoisotopic (exact) mass is 562 g/mol. The van der Waals surface area contributed by atoms with Gasteiger partial charge in [0.15, 0.2) is 0 Å². The van der Waals surface area contributed by atoms with Gasteiger partial charge in [-0.1, -0.05) is 35.9 Å². The summed E-state index contributed by atoms with van der Waals surface area (Å²) in [7, 11) is 2.15. The van der Waals surface area contributed by atoms with Crippen LogP contribution in [-0.2, 0) is 13.0 Å². The number of carbonyl (C=O) groups is 1. The molecule has 0 radical (unpaired) electrons. The van der Waals surface area contributed by atoms with Crippen LogP contribution in [0.3, 0.4) is 0 Å². The lowest BCUT2D eigenvalue weighted by atomic mass is 10.0. The number of halogens is 1. The largest absolute Gasteiger partial charge is 0.465 e. The maximum Gasteiger partial charge on any atom is 0.407 e. The van der Waals surface area contributed by atoms with E-state index in [0.29, 0.717) is 38.3 Å². The van der Waals surface area contributed by atoms with Gasteiger partial charge >= 0.3 is 12.1 Å². The number of hydrogen-bond acceptors (Lipinski definition) is 7. The third-order valence-corrected chi connectivity index (χ3v) is 9.62. The van der Waals surface area contributed by atoms with Crippen molar-refractivity contribution in [2.75, 3.05) is 49.6 Å². The van der Waals surface area contributed by atoms with Crippen LogP contribution in [0.25, 0.3) is 10.8 Å². The number of likely N-dealkylation sites (N-methyl/N-ethyl adjacent to an activating group) is 1. The predicted octanol–water partition coefficient (Wildman–Crippen LogP) is 4.65. The molecule has 2 bridgehead atoms. The Balaban J connectivity index is 1.22. The van der Waals surface area contributed by atoms with E-state index in [1.807, 2.05) is 12.1 Å². The van der Waals surface area contributed by atoms with Gasteiger partial charge in [0.2, 0.25) is 0 Å². The number of ether oxygens (including phenoxy) is 1. The Morgan fingerprint density at radius 1 is 1.02 bits per heavy atom. The highest BCUT2D eigenvalue weighted by molar-refractivity contribution is 6.35. The smallest absolute Gasteiger partial charge is 0.407 e. The number of rotatable bonds is 5. The number of aromatic nitrogens is 2. The summed E-state index contributed by atoms with van der Waals surface area (Å²) in [4.78, 5) is 30.5. The molecule has 40 heavy (non-hydrogen) atoms. The van der Waals surface area contributed by atoms with Crippen LogP contribution >= 0.6 is 11.6 Å². The molecule has 3 aromatic rings. The maximum absolute atomic E-state index is 11.9. The van der Waals surface area contributed by atoms with Crippen LogP contribution in [0.2, 0.25) is 5.02 Å². The molecule has 5 heterocycles. The lowest BCUT2D eigenvalue weighted by Crippen LogP contribution is -2.56. The molecule has 0 spiro atoms. The molecular weight excluding hydrogens is 528 g/mol. The van der Waals surface area contributed by atoms with E-state index in [1.165, 1.54) is 6.42 Å². The summed E-state index contributed by atoms with van der Waals surface area (Å²) in [6.07, 6.45) is 4.09. The maximum atomic E-state index is 11.9. The van der Waals surface area contributed by atoms with E-state index < -0.39 is 6.09 Å². The minimum Gasteiger partial charge on any atom is -0.465 e. The van der Waals surface area contributed by atoms with Crippen molar-refractivity contribution in [2.24, 2.45) is 0 Å². The van der Waals surface area contributed by atoms with E-state index in [4.69, 9.17) is 26.3 Å². The van der Waals surface area contributed by atoms with Gasteiger partial charge in [-0.05, 0) is 57.8 Å². The second-order valence-electron chi connectivity index (χ2n) is 11.6. The van der Waals surface area contributed by atoms with Crippen LogP contribution in [-0.4, -0.2) is 88.9 Å². The Morgan fingerprint density at radius 2 is 1.80 bits per heavy atom. The van der Waals surface area contributed by atoms with Crippen LogP contribution in [0, 0.1) is 0 Å². The van der Waals surface area contributed by atoms with Crippen molar-refractivity contribution < 1.29 is 14.6 Å². The normalized spacial score (nSPS) is 24.6. The molecule has 9 nitrogen and oxygen atoms in total. The molecule has 4 aliphatic heterocycles. The predicted molar refractivity (Wildman–Crippen MR) is 156 cm³/mol. The van der Waals surface area contributed by atoms with Gasteiger partial charge in [-0.2, -0.15) is 9.97 Å². The van der Waals surface area contributed by atoms with Gasteiger partial charge in [0.1, 0.15) is 12.4 Å². The minimum absolute atomic E-state index is 0.00103. The van der Waals surface area contributed by atoms with Crippen LogP contribution < -0.4 is 14.5 Å². The summed E-state index contributed by atoms with van der Waals surface area (Å²) in [5.41, 5.74) is 3.29. The zero-order valence-corrected chi connectivity index (χ0v) is 23.6. The minimum atomic E-state index is -0.813. The molecular formula is C30H35ClN6O3. The second-order valence-corrected chi connectivity index (χ2v) is 12.0. The summed E-state index contributed by atoms with van der Waals surface area (Å²) in [5.74, 6) is 0.919.